The molecule has 1 unspecified atom stereocenters. The Labute approximate surface area is 126 Å². The lowest BCUT2D eigenvalue weighted by molar-refractivity contribution is 0.269. The van der Waals surface area contributed by atoms with Gasteiger partial charge in [0.15, 0.2) is 0 Å². The lowest BCUT2D eigenvalue weighted by Crippen LogP contribution is -2.28. The molecule has 1 aliphatic carbocycles. The van der Waals surface area contributed by atoms with Crippen LogP contribution in [0.2, 0.25) is 0 Å². The Morgan fingerprint density at radius 2 is 1.37 bits per heavy atom. The normalized spacial score (nSPS) is 22.6. The second-order valence-corrected chi connectivity index (χ2v) is 9.53. The SMILES string of the molecule is CC(C)(C)C1=CC(C(C)(C)C)CC(C(C)(C)C)=C1S. The highest BCUT2D eigenvalue weighted by Gasteiger charge is 2.35. The van der Waals surface area contributed by atoms with Gasteiger partial charge in [-0.15, -0.1) is 12.6 Å². The number of thiol groups is 1. The molecule has 0 aromatic heterocycles. The Morgan fingerprint density at radius 1 is 0.895 bits per heavy atom. The van der Waals surface area contributed by atoms with E-state index in [2.05, 4.69) is 68.4 Å². The second-order valence-electron chi connectivity index (χ2n) is 9.08. The van der Waals surface area contributed by atoms with Gasteiger partial charge in [0.05, 0.1) is 0 Å². The molecule has 0 spiro atoms. The second kappa shape index (κ2) is 4.98. The first-order chi connectivity index (χ1) is 8.24. The summed E-state index contributed by atoms with van der Waals surface area (Å²) in [7, 11) is 0. The molecular weight excluding hydrogens is 248 g/mol. The van der Waals surface area contributed by atoms with Crippen molar-refractivity contribution in [3.63, 3.8) is 0 Å². The number of rotatable bonds is 0. The summed E-state index contributed by atoms with van der Waals surface area (Å²) in [6.45, 7) is 20.8. The molecule has 0 aromatic rings. The van der Waals surface area contributed by atoms with Crippen LogP contribution >= 0.6 is 12.6 Å². The summed E-state index contributed by atoms with van der Waals surface area (Å²) in [6, 6.07) is 0. The van der Waals surface area contributed by atoms with E-state index in [1.54, 1.807) is 0 Å². The van der Waals surface area contributed by atoms with E-state index in [0.29, 0.717) is 11.3 Å². The van der Waals surface area contributed by atoms with E-state index in [-0.39, 0.29) is 10.8 Å². The van der Waals surface area contributed by atoms with Gasteiger partial charge in [-0.05, 0) is 34.2 Å². The van der Waals surface area contributed by atoms with Crippen molar-refractivity contribution in [3.05, 3.63) is 22.1 Å². The van der Waals surface area contributed by atoms with Gasteiger partial charge in [-0.2, -0.15) is 0 Å². The van der Waals surface area contributed by atoms with Crippen molar-refractivity contribution in [2.24, 2.45) is 22.2 Å². The summed E-state index contributed by atoms with van der Waals surface area (Å²) < 4.78 is 0. The smallest absolute Gasteiger partial charge is 0.00718 e. The molecule has 0 aromatic carbocycles. The Balaban J connectivity index is 3.38. The molecule has 0 amide bonds. The minimum absolute atomic E-state index is 0.164. The highest BCUT2D eigenvalue weighted by molar-refractivity contribution is 7.84. The van der Waals surface area contributed by atoms with Crippen molar-refractivity contribution in [2.75, 3.05) is 0 Å². The molecule has 0 saturated carbocycles. The van der Waals surface area contributed by atoms with Crippen LogP contribution in [0.4, 0.5) is 0 Å². The number of hydrogen-bond donors (Lipinski definition) is 1. The summed E-state index contributed by atoms with van der Waals surface area (Å²) in [5, 5.41) is 0. The Bertz CT molecular complexity index is 402. The molecule has 0 aliphatic heterocycles. The summed E-state index contributed by atoms with van der Waals surface area (Å²) in [5.41, 5.74) is 3.61. The fraction of sp³-hybridized carbons (Fsp3) is 0.778. The average molecular weight is 281 g/mol. The summed E-state index contributed by atoms with van der Waals surface area (Å²) >= 11 is 4.89. The number of allylic oxidation sites excluding steroid dienone is 3. The first-order valence-corrected chi connectivity index (χ1v) is 7.84. The molecule has 0 N–H and O–H groups in total. The molecule has 0 fully saturated rings. The molecule has 0 radical (unpaired) electrons. The Kier molecular flexibility index (Phi) is 4.43. The van der Waals surface area contributed by atoms with Crippen LogP contribution in [0, 0.1) is 22.2 Å². The molecular formula is C18H32S. The van der Waals surface area contributed by atoms with Gasteiger partial charge in [0, 0.05) is 4.91 Å². The third-order valence-electron chi connectivity index (χ3n) is 4.16. The van der Waals surface area contributed by atoms with E-state index in [4.69, 9.17) is 12.6 Å². The van der Waals surface area contributed by atoms with Gasteiger partial charge in [-0.25, -0.2) is 0 Å². The van der Waals surface area contributed by atoms with Gasteiger partial charge in [-0.1, -0.05) is 74.0 Å². The van der Waals surface area contributed by atoms with Gasteiger partial charge in [-0.3, -0.25) is 0 Å². The van der Waals surface area contributed by atoms with Crippen LogP contribution in [0.25, 0.3) is 0 Å². The summed E-state index contributed by atoms with van der Waals surface area (Å²) in [5.74, 6) is 0.604. The lowest BCUT2D eigenvalue weighted by atomic mass is 9.66. The zero-order valence-corrected chi connectivity index (χ0v) is 15.2. The lowest BCUT2D eigenvalue weighted by Gasteiger charge is -2.41. The van der Waals surface area contributed by atoms with Crippen LogP contribution < -0.4 is 0 Å². The highest BCUT2D eigenvalue weighted by atomic mass is 32.1. The van der Waals surface area contributed by atoms with Gasteiger partial charge in [0.1, 0.15) is 0 Å². The maximum atomic E-state index is 4.89. The molecule has 0 bridgehead atoms. The minimum atomic E-state index is 0.164. The zero-order chi connectivity index (χ0) is 15.2. The molecule has 110 valence electrons. The van der Waals surface area contributed by atoms with Gasteiger partial charge in [0.2, 0.25) is 0 Å². The van der Waals surface area contributed by atoms with Crippen molar-refractivity contribution in [1.82, 2.24) is 0 Å². The quantitative estimate of drug-likeness (QED) is 0.498. The van der Waals surface area contributed by atoms with Gasteiger partial charge >= 0.3 is 0 Å². The third-order valence-corrected chi connectivity index (χ3v) is 4.67. The van der Waals surface area contributed by atoms with E-state index in [0.717, 1.165) is 6.42 Å². The topological polar surface area (TPSA) is 0 Å². The highest BCUT2D eigenvalue weighted by Crippen LogP contribution is 2.49. The first kappa shape index (κ1) is 16.9. The van der Waals surface area contributed by atoms with Crippen molar-refractivity contribution < 1.29 is 0 Å². The molecule has 1 rings (SSSR count). The fourth-order valence-corrected chi connectivity index (χ4v) is 3.48. The molecule has 0 heterocycles. The van der Waals surface area contributed by atoms with Crippen LogP contribution in [0.3, 0.4) is 0 Å². The predicted octanol–water partition coefficient (Wildman–Crippen LogP) is 6.25. The van der Waals surface area contributed by atoms with Gasteiger partial charge < -0.3 is 0 Å². The third kappa shape index (κ3) is 3.90. The maximum absolute atomic E-state index is 4.89. The van der Waals surface area contributed by atoms with Crippen LogP contribution in [0.5, 0.6) is 0 Å². The molecule has 0 saturated heterocycles. The molecule has 0 nitrogen and oxygen atoms in total. The van der Waals surface area contributed by atoms with Crippen molar-refractivity contribution in [3.8, 4) is 0 Å². The van der Waals surface area contributed by atoms with E-state index in [1.807, 2.05) is 0 Å². The molecule has 1 heteroatoms. The minimum Gasteiger partial charge on any atom is -0.143 e. The van der Waals surface area contributed by atoms with E-state index < -0.39 is 0 Å². The Morgan fingerprint density at radius 3 is 1.68 bits per heavy atom. The average Bonchev–Trinajstić information content (AvgIpc) is 2.11. The zero-order valence-electron chi connectivity index (χ0n) is 14.3. The summed E-state index contributed by atoms with van der Waals surface area (Å²) in [6.07, 6.45) is 3.63. The van der Waals surface area contributed by atoms with Crippen LogP contribution in [0.1, 0.15) is 68.7 Å². The Hall–Kier alpha value is -0.170. The first-order valence-electron chi connectivity index (χ1n) is 7.40. The molecule has 19 heavy (non-hydrogen) atoms. The monoisotopic (exact) mass is 280 g/mol. The number of hydrogen-bond acceptors (Lipinski definition) is 1. The van der Waals surface area contributed by atoms with Crippen molar-refractivity contribution in [2.45, 2.75) is 68.7 Å². The summed E-state index contributed by atoms with van der Waals surface area (Å²) in [4.78, 5) is 1.24. The van der Waals surface area contributed by atoms with Crippen LogP contribution in [0.15, 0.2) is 22.1 Å². The van der Waals surface area contributed by atoms with Crippen molar-refractivity contribution in [1.29, 1.82) is 0 Å². The molecule has 1 atom stereocenters. The largest absolute Gasteiger partial charge is 0.143 e. The van der Waals surface area contributed by atoms with Gasteiger partial charge in [0.25, 0.3) is 0 Å². The predicted molar refractivity (Wildman–Crippen MR) is 90.6 cm³/mol. The fourth-order valence-electron chi connectivity index (χ4n) is 2.64. The standard InChI is InChI=1S/C18H32S/c1-16(2,3)12-10-13(17(4,5)6)15(19)14(11-12)18(7,8)9/h10,12,19H,11H2,1-9H3. The van der Waals surface area contributed by atoms with Crippen LogP contribution in [-0.2, 0) is 0 Å². The van der Waals surface area contributed by atoms with E-state index in [1.165, 1.54) is 16.1 Å². The van der Waals surface area contributed by atoms with Crippen LogP contribution in [-0.4, -0.2) is 0 Å². The van der Waals surface area contributed by atoms with Crippen molar-refractivity contribution >= 4 is 12.6 Å². The van der Waals surface area contributed by atoms with E-state index in [9.17, 15) is 0 Å². The maximum Gasteiger partial charge on any atom is 0.00718 e. The van der Waals surface area contributed by atoms with E-state index >= 15 is 0 Å². The molecule has 1 aliphatic rings.